The third-order valence-corrected chi connectivity index (χ3v) is 14.2. The first-order valence-corrected chi connectivity index (χ1v) is 31.0. The lowest BCUT2D eigenvalue weighted by Gasteiger charge is -2.40. The van der Waals surface area contributed by atoms with Gasteiger partial charge in [0.1, 0.15) is 18.8 Å². The number of carbonyl (C=O) groups is 4. The van der Waals surface area contributed by atoms with Gasteiger partial charge in [-0.05, 0) is 70.6 Å². The molecule has 3 N–H and O–H groups in total. The Morgan fingerprint density at radius 2 is 0.827 bits per heavy atom. The summed E-state index contributed by atoms with van der Waals surface area (Å²) in [4.78, 5) is 51.2. The monoisotopic (exact) mass is 1060 g/mol. The Kier molecular flexibility index (Phi) is 48.2. The number of rotatable bonds is 53. The van der Waals surface area contributed by atoms with Crippen molar-refractivity contribution in [2.45, 2.75) is 327 Å². The third-order valence-electron chi connectivity index (χ3n) is 14.2. The van der Waals surface area contributed by atoms with Gasteiger partial charge < -0.3 is 39.0 Å². The molecular weight excluding hydrogens is 949 g/mol. The van der Waals surface area contributed by atoms with E-state index in [1.165, 1.54) is 128 Å². The van der Waals surface area contributed by atoms with Gasteiger partial charge in [-0.3, -0.25) is 14.4 Å². The normalized spacial score (nSPS) is 18.3. The number of carboxylic acid groups (broad SMARTS) is 1. The van der Waals surface area contributed by atoms with Crippen LogP contribution in [-0.2, 0) is 42.9 Å². The van der Waals surface area contributed by atoms with Crippen molar-refractivity contribution in [2.24, 2.45) is 0 Å². The molecule has 0 bridgehead atoms. The van der Waals surface area contributed by atoms with Crippen LogP contribution in [0.4, 0.5) is 0 Å². The largest absolute Gasteiger partial charge is 0.479 e. The van der Waals surface area contributed by atoms with E-state index < -0.39 is 67.3 Å². The Morgan fingerprint density at radius 1 is 0.440 bits per heavy atom. The van der Waals surface area contributed by atoms with Gasteiger partial charge in [0.05, 0.1) is 6.61 Å². The maximum Gasteiger partial charge on any atom is 0.335 e. The van der Waals surface area contributed by atoms with Crippen molar-refractivity contribution in [3.8, 4) is 0 Å². The molecule has 12 nitrogen and oxygen atoms in total. The fourth-order valence-electron chi connectivity index (χ4n) is 9.40. The molecule has 75 heavy (non-hydrogen) atoms. The van der Waals surface area contributed by atoms with Crippen LogP contribution in [0.15, 0.2) is 36.5 Å². The zero-order valence-corrected chi connectivity index (χ0v) is 48.1. The number of aliphatic hydroxyl groups is 2. The molecule has 436 valence electrons. The predicted molar refractivity (Wildman–Crippen MR) is 303 cm³/mol. The van der Waals surface area contributed by atoms with E-state index in [1.54, 1.807) is 0 Å². The number of esters is 3. The van der Waals surface area contributed by atoms with E-state index in [4.69, 9.17) is 23.7 Å². The van der Waals surface area contributed by atoms with Gasteiger partial charge in [0.25, 0.3) is 0 Å². The molecule has 0 aromatic heterocycles. The molecule has 0 spiro atoms. The number of allylic oxidation sites excluding steroid dienone is 6. The lowest BCUT2D eigenvalue weighted by Crippen LogP contribution is -2.61. The van der Waals surface area contributed by atoms with E-state index in [1.807, 2.05) is 0 Å². The molecule has 6 unspecified atom stereocenters. The highest BCUT2D eigenvalue weighted by Crippen LogP contribution is 2.27. The fourth-order valence-corrected chi connectivity index (χ4v) is 9.40. The molecule has 0 aromatic rings. The number of hydrogen-bond donors (Lipinski definition) is 3. The summed E-state index contributed by atoms with van der Waals surface area (Å²) in [6, 6.07) is 0. The maximum absolute atomic E-state index is 13.1. The molecule has 0 aliphatic carbocycles. The van der Waals surface area contributed by atoms with E-state index in [2.05, 4.69) is 57.2 Å². The number of carbonyl (C=O) groups excluding carboxylic acids is 3. The third kappa shape index (κ3) is 41.7. The fraction of sp³-hybridized carbons (Fsp3) is 0.841. The summed E-state index contributed by atoms with van der Waals surface area (Å²) in [5, 5.41) is 31.5. The summed E-state index contributed by atoms with van der Waals surface area (Å²) >= 11 is 0. The van der Waals surface area contributed by atoms with E-state index in [0.717, 1.165) is 103 Å². The molecule has 0 amide bonds. The van der Waals surface area contributed by atoms with Gasteiger partial charge >= 0.3 is 23.9 Å². The number of carboxylic acids is 1. The highest BCUT2D eigenvalue weighted by atomic mass is 16.7. The number of unbranched alkanes of at least 4 members (excludes halogenated alkanes) is 33. The van der Waals surface area contributed by atoms with Crippen LogP contribution in [0.3, 0.4) is 0 Å². The minimum absolute atomic E-state index is 0.0569. The highest BCUT2D eigenvalue weighted by Gasteiger charge is 2.50. The summed E-state index contributed by atoms with van der Waals surface area (Å²) in [6.45, 7) is 5.94. The minimum Gasteiger partial charge on any atom is -0.479 e. The van der Waals surface area contributed by atoms with E-state index in [9.17, 15) is 34.5 Å². The van der Waals surface area contributed by atoms with Crippen LogP contribution in [0.1, 0.15) is 290 Å². The second kappa shape index (κ2) is 51.7. The number of aliphatic carboxylic acids is 1. The lowest BCUT2D eigenvalue weighted by atomic mass is 9.98. The van der Waals surface area contributed by atoms with Crippen molar-refractivity contribution in [3.63, 3.8) is 0 Å². The first kappa shape index (κ1) is 70.0. The lowest BCUT2D eigenvalue weighted by molar-refractivity contribution is -0.301. The van der Waals surface area contributed by atoms with Gasteiger partial charge in [-0.1, -0.05) is 237 Å². The van der Waals surface area contributed by atoms with Crippen LogP contribution in [0.2, 0.25) is 0 Å². The van der Waals surface area contributed by atoms with E-state index in [-0.39, 0.29) is 25.9 Å². The average molecular weight is 1060 g/mol. The molecule has 1 fully saturated rings. The molecule has 1 rings (SSSR count). The summed E-state index contributed by atoms with van der Waals surface area (Å²) in [5.74, 6) is -3.12. The van der Waals surface area contributed by atoms with Gasteiger partial charge in [0, 0.05) is 19.3 Å². The SMILES string of the molecule is CCC/C=C\C/C=C\CCCCCCCC(=O)OC(COC(=O)CCCCCCCCCCCCCCCCC)COC1OC(C(=O)O)C(O)C(O)C1OC(=O)CCCCCCCCC/C=C\CCCCCCCC. The number of aliphatic hydroxyl groups excluding tert-OH is 2. The zero-order chi connectivity index (χ0) is 54.7. The van der Waals surface area contributed by atoms with Crippen molar-refractivity contribution < 1.29 is 58.2 Å². The molecule has 12 heteroatoms. The first-order valence-electron chi connectivity index (χ1n) is 31.0. The predicted octanol–water partition coefficient (Wildman–Crippen LogP) is 16.0. The Balaban J connectivity index is 2.66. The number of ether oxygens (including phenoxy) is 5. The van der Waals surface area contributed by atoms with Crippen LogP contribution >= 0.6 is 0 Å². The zero-order valence-electron chi connectivity index (χ0n) is 48.1. The van der Waals surface area contributed by atoms with Gasteiger partial charge in [-0.25, -0.2) is 4.79 Å². The molecule has 0 saturated carbocycles. The van der Waals surface area contributed by atoms with Crippen LogP contribution < -0.4 is 0 Å². The van der Waals surface area contributed by atoms with Crippen LogP contribution in [-0.4, -0.2) is 89.2 Å². The summed E-state index contributed by atoms with van der Waals surface area (Å²) < 4.78 is 28.5. The average Bonchev–Trinajstić information content (AvgIpc) is 3.39. The van der Waals surface area contributed by atoms with Gasteiger partial charge in [0.15, 0.2) is 24.6 Å². The second-order valence-electron chi connectivity index (χ2n) is 21.3. The molecule has 6 atom stereocenters. The summed E-state index contributed by atoms with van der Waals surface area (Å²) in [5.41, 5.74) is 0. The molecule has 1 aliphatic rings. The minimum atomic E-state index is -1.90. The summed E-state index contributed by atoms with van der Waals surface area (Å²) in [6.07, 6.45) is 48.2. The van der Waals surface area contributed by atoms with Crippen LogP contribution in [0.25, 0.3) is 0 Å². The Morgan fingerprint density at radius 3 is 1.27 bits per heavy atom. The Bertz CT molecular complexity index is 1450. The Labute approximate surface area is 457 Å². The standard InChI is InChI=1S/C63H112O12/c1-4-7-10-13-16-19-22-25-27-28-30-33-36-39-42-45-48-51-57(66)74-61-59(68)58(67)60(62(69)70)75-63(61)72-53-54(73-56(65)50-47-44-41-38-35-31-24-21-18-15-12-9-6-3)52-71-55(64)49-46-43-40-37-34-32-29-26-23-20-17-14-11-8-5-2/h12,15,21,24-25,27,54,58-61,63,67-68H,4-11,13-14,16-20,22-23,26,28-53H2,1-3H3,(H,69,70)/b15-12-,24-21-,27-25-. The number of hydrogen-bond acceptors (Lipinski definition) is 11. The van der Waals surface area contributed by atoms with Crippen molar-refractivity contribution in [3.05, 3.63) is 36.5 Å². The molecule has 1 saturated heterocycles. The quantitative estimate of drug-likeness (QED) is 0.0228. The molecule has 0 radical (unpaired) electrons. The second-order valence-corrected chi connectivity index (χ2v) is 21.3. The topological polar surface area (TPSA) is 175 Å². The molecule has 1 aliphatic heterocycles. The molecule has 1 heterocycles. The Hall–Kier alpha value is -3.06. The van der Waals surface area contributed by atoms with Gasteiger partial charge in [0.2, 0.25) is 0 Å². The van der Waals surface area contributed by atoms with Gasteiger partial charge in [-0.15, -0.1) is 0 Å². The smallest absolute Gasteiger partial charge is 0.335 e. The highest BCUT2D eigenvalue weighted by molar-refractivity contribution is 5.74. The maximum atomic E-state index is 13.1. The summed E-state index contributed by atoms with van der Waals surface area (Å²) in [7, 11) is 0. The first-order chi connectivity index (χ1) is 36.6. The van der Waals surface area contributed by atoms with E-state index in [0.29, 0.717) is 19.3 Å². The van der Waals surface area contributed by atoms with Crippen molar-refractivity contribution in [1.29, 1.82) is 0 Å². The van der Waals surface area contributed by atoms with Crippen LogP contribution in [0, 0.1) is 0 Å². The van der Waals surface area contributed by atoms with Crippen LogP contribution in [0.5, 0.6) is 0 Å². The molecular formula is C63H112O12. The van der Waals surface area contributed by atoms with E-state index >= 15 is 0 Å². The van der Waals surface area contributed by atoms with Crippen molar-refractivity contribution in [1.82, 2.24) is 0 Å². The van der Waals surface area contributed by atoms with Crippen molar-refractivity contribution >= 4 is 23.9 Å². The van der Waals surface area contributed by atoms with Gasteiger partial charge in [-0.2, -0.15) is 0 Å². The van der Waals surface area contributed by atoms with Crippen molar-refractivity contribution in [2.75, 3.05) is 13.2 Å². The molecule has 0 aromatic carbocycles.